The van der Waals surface area contributed by atoms with Crippen LogP contribution in [-0.2, 0) is 65.9 Å². The van der Waals surface area contributed by atoms with Gasteiger partial charge in [0.2, 0.25) is 23.4 Å². The number of likely N-dealkylation sites (tertiary alicyclic amines) is 1. The van der Waals surface area contributed by atoms with Crippen LogP contribution in [0.5, 0.6) is 11.5 Å². The molecule has 3 amide bonds. The van der Waals surface area contributed by atoms with Crippen LogP contribution in [0.15, 0.2) is 168 Å². The summed E-state index contributed by atoms with van der Waals surface area (Å²) in [5, 5.41) is 5.93. The first-order chi connectivity index (χ1) is 46.7. The molecule has 4 aliphatic rings. The predicted octanol–water partition coefficient (Wildman–Crippen LogP) is 14.2. The number of aryl methyl sites for hydroxylation is 1. The zero-order chi connectivity index (χ0) is 70.4. The van der Waals surface area contributed by atoms with Crippen molar-refractivity contribution in [2.24, 2.45) is 11.8 Å². The number of rotatable bonds is 34. The summed E-state index contributed by atoms with van der Waals surface area (Å²) < 4.78 is 96.5. The second kappa shape index (κ2) is 33.1. The van der Waals surface area contributed by atoms with Gasteiger partial charge in [0.25, 0.3) is 10.1 Å². The van der Waals surface area contributed by atoms with Crippen LogP contribution < -0.4 is 24.6 Å². The van der Waals surface area contributed by atoms with Gasteiger partial charge >= 0.3 is 7.60 Å². The molecule has 9 rings (SSSR count). The van der Waals surface area contributed by atoms with Gasteiger partial charge in [0.15, 0.2) is 11.5 Å². The van der Waals surface area contributed by atoms with E-state index in [2.05, 4.69) is 72.1 Å². The number of Topliss-reactive ketones (excluding diaryl/α,β-unsaturated/α-hetero) is 1. The first kappa shape index (κ1) is 74.7. The van der Waals surface area contributed by atoms with Crippen LogP contribution in [0.25, 0.3) is 0 Å². The predicted molar refractivity (Wildman–Crippen MR) is 385 cm³/mol. The van der Waals surface area contributed by atoms with Crippen molar-refractivity contribution in [3.63, 3.8) is 0 Å². The lowest BCUT2D eigenvalue weighted by Crippen LogP contribution is -2.57. The van der Waals surface area contributed by atoms with Crippen molar-refractivity contribution in [3.05, 3.63) is 186 Å². The van der Waals surface area contributed by atoms with Crippen LogP contribution in [0, 0.1) is 18.8 Å². The Morgan fingerprint density at radius 2 is 1.43 bits per heavy atom. The van der Waals surface area contributed by atoms with Gasteiger partial charge in [-0.05, 0) is 151 Å². The SMILES string of the molecule is CCC(NC(=O)[C@@H]1CC2CCCCC2N1C(=O)[C@H](CCS(C)(=O)=O)NC(=O)[C@H](CCCCOCc1ccccc1)CC(=O)CCCCC[N+]1=C(C=CC=CC=C2N(CC)c3ccc(C)cc3C2(C)C)C(C)(C)c2cc(S(=O)(=O)O)ccc21)P(=O)(Oc1ccccc1)Oc1ccccc1. The third-order valence-electron chi connectivity index (χ3n) is 19.7. The number of sulfone groups is 1. The van der Waals surface area contributed by atoms with Gasteiger partial charge in [-0.2, -0.15) is 13.0 Å². The van der Waals surface area contributed by atoms with Gasteiger partial charge in [-0.25, -0.2) is 13.0 Å². The fourth-order valence-electron chi connectivity index (χ4n) is 14.5. The van der Waals surface area contributed by atoms with E-state index in [1.165, 1.54) is 39.5 Å². The fourth-order valence-corrected chi connectivity index (χ4v) is 17.5. The van der Waals surface area contributed by atoms with Gasteiger partial charge in [-0.15, -0.1) is 0 Å². The summed E-state index contributed by atoms with van der Waals surface area (Å²) in [5.41, 5.74) is 7.55. The van der Waals surface area contributed by atoms with Crippen molar-refractivity contribution in [2.45, 2.75) is 191 Å². The Bertz CT molecular complexity index is 4000. The molecule has 1 aliphatic carbocycles. The van der Waals surface area contributed by atoms with E-state index in [-0.39, 0.29) is 65.6 Å². The van der Waals surface area contributed by atoms with Crippen LogP contribution in [0.2, 0.25) is 0 Å². The lowest BCUT2D eigenvalue weighted by Gasteiger charge is -2.37. The largest absolute Gasteiger partial charge is 0.452 e. The highest BCUT2D eigenvalue weighted by atomic mass is 32.2. The minimum atomic E-state index is -4.50. The van der Waals surface area contributed by atoms with Crippen molar-refractivity contribution in [3.8, 4) is 11.5 Å². The molecule has 21 heteroatoms. The van der Waals surface area contributed by atoms with Crippen molar-refractivity contribution in [1.82, 2.24) is 15.5 Å². The Hall–Kier alpha value is -7.48. The van der Waals surface area contributed by atoms with E-state index >= 15 is 9.36 Å². The van der Waals surface area contributed by atoms with Crippen LogP contribution in [-0.4, -0.2) is 116 Å². The molecule has 0 spiro atoms. The number of hydrogen-bond acceptors (Lipinski definition) is 13. The molecule has 98 heavy (non-hydrogen) atoms. The second-order valence-corrected chi connectivity index (χ2v) is 33.4. The van der Waals surface area contributed by atoms with Gasteiger partial charge in [0.05, 0.1) is 22.7 Å². The molecule has 2 fully saturated rings. The number of amides is 3. The molecule has 3 N–H and O–H groups in total. The Balaban J connectivity index is 0.907. The number of ether oxygens (including phenoxy) is 1. The molecule has 3 aliphatic heterocycles. The average Bonchev–Trinajstić information content (AvgIpc) is 1.61. The first-order valence-electron chi connectivity index (χ1n) is 34.8. The smallest absolute Gasteiger partial charge is 0.415 e. The molecule has 1 saturated carbocycles. The maximum atomic E-state index is 15.5. The first-order valence-corrected chi connectivity index (χ1v) is 39.9. The Labute approximate surface area is 580 Å². The third kappa shape index (κ3) is 18.7. The summed E-state index contributed by atoms with van der Waals surface area (Å²) in [6, 6.07) is 35.3. The minimum absolute atomic E-state index is 0.0736. The lowest BCUT2D eigenvalue weighted by molar-refractivity contribution is -0.438. The third-order valence-corrected chi connectivity index (χ3v) is 23.7. The monoisotopic (exact) mass is 1400 g/mol. The molecule has 5 aromatic rings. The number of unbranched alkanes of at least 4 members (excludes halogenated alkanes) is 3. The average molecular weight is 1400 g/mol. The normalized spacial score (nSPS) is 19.5. The number of anilines is 1. The summed E-state index contributed by atoms with van der Waals surface area (Å²) in [6.07, 6.45) is 17.6. The zero-order valence-corrected chi connectivity index (χ0v) is 60.6. The van der Waals surface area contributed by atoms with Crippen molar-refractivity contribution < 1.29 is 63.5 Å². The summed E-state index contributed by atoms with van der Waals surface area (Å²) >= 11 is 0. The standard InChI is InChI=1S/C77H98N5O13PS2/c1-9-72(96(87,94-60-35-19-12-20-36-60)95-61-37-21-13-22-38-61)79-74(85)69-52-57-32-25-26-39-66(57)82(69)75(86)65(46-49-97(8,88)89)78-73(84)58(33-27-29-48-93-54-56-30-16-11-17-31-56)51-59(83)34-18-15-28-47-81-68-45-43-62(98(90,91)92)53-64(68)77(6,7)71(81)41-24-14-23-40-70-76(4,5)63-50-55(3)42-44-67(63)80(70)10-2/h11-14,16-17,19-24,30-31,35-38,40-45,50,53,57-58,65-66,69,72H,9-10,15,18,25-29,32-34,39,46-49,51-52,54H2,1-8H3,(H2-,78,79,84,85,90,91,92)/p+1/t57?,58-,65+,66?,69+,72?/m1/s1. The van der Waals surface area contributed by atoms with E-state index in [1.807, 2.05) is 68.5 Å². The molecule has 5 aromatic carbocycles. The molecule has 3 unspecified atom stereocenters. The highest BCUT2D eigenvalue weighted by Gasteiger charge is 2.51. The molecule has 0 bridgehead atoms. The van der Waals surface area contributed by atoms with Gasteiger partial charge in [0, 0.05) is 85.1 Å². The number of likely N-dealkylation sites (N-methyl/N-ethyl adjacent to an activating group) is 1. The van der Waals surface area contributed by atoms with Crippen LogP contribution in [0.3, 0.4) is 0 Å². The summed E-state index contributed by atoms with van der Waals surface area (Å²) in [4.78, 5) is 63.4. The molecule has 526 valence electrons. The Morgan fingerprint density at radius 1 is 0.755 bits per heavy atom. The van der Waals surface area contributed by atoms with Gasteiger partial charge in [-0.1, -0.05) is 143 Å². The van der Waals surface area contributed by atoms with Crippen LogP contribution in [0.4, 0.5) is 11.4 Å². The maximum Gasteiger partial charge on any atom is 0.452 e. The van der Waals surface area contributed by atoms with E-state index in [0.717, 1.165) is 54.6 Å². The van der Waals surface area contributed by atoms with Gasteiger partial charge < -0.3 is 34.2 Å². The highest BCUT2D eigenvalue weighted by molar-refractivity contribution is 7.90. The Morgan fingerprint density at radius 3 is 2.08 bits per heavy atom. The second-order valence-electron chi connectivity index (χ2n) is 27.7. The number of carbonyl (C=O) groups excluding carboxylic acids is 4. The molecule has 0 aromatic heterocycles. The lowest BCUT2D eigenvalue weighted by atomic mass is 9.81. The number of nitrogens with one attached hydrogen (secondary N) is 2. The van der Waals surface area contributed by atoms with E-state index < -0.39 is 86.3 Å². The maximum absolute atomic E-state index is 15.5. The molecule has 1 saturated heterocycles. The zero-order valence-electron chi connectivity index (χ0n) is 58.1. The number of hydrogen-bond donors (Lipinski definition) is 3. The summed E-state index contributed by atoms with van der Waals surface area (Å²) in [7, 11) is -12.4. The van der Waals surface area contributed by atoms with Crippen molar-refractivity contribution in [2.75, 3.05) is 36.6 Å². The fraction of sp³-hybridized carbons (Fsp3) is 0.468. The Kier molecular flexibility index (Phi) is 25.3. The summed E-state index contributed by atoms with van der Waals surface area (Å²) in [5.74, 6) is -3.94. The molecule has 18 nitrogen and oxygen atoms in total. The topological polar surface area (TPSA) is 235 Å². The number of benzene rings is 5. The molecular formula is C77H99N5O13PS2+. The number of nitrogens with zero attached hydrogens (tertiary/aromatic N) is 3. The van der Waals surface area contributed by atoms with Crippen LogP contribution in [0.1, 0.15) is 160 Å². The molecule has 3 heterocycles. The molecular weight excluding hydrogens is 1300 g/mol. The minimum Gasteiger partial charge on any atom is -0.415 e. The van der Waals surface area contributed by atoms with E-state index in [9.17, 15) is 35.8 Å². The van der Waals surface area contributed by atoms with E-state index in [1.54, 1.807) is 73.7 Å². The number of fused-ring (bicyclic) bond motifs is 3. The number of allylic oxidation sites excluding steroid dienone is 6. The van der Waals surface area contributed by atoms with E-state index in [0.29, 0.717) is 64.7 Å². The number of carbonyl (C=O) groups is 4. The van der Waals surface area contributed by atoms with Crippen molar-refractivity contribution in [1.29, 1.82) is 0 Å². The van der Waals surface area contributed by atoms with Gasteiger partial charge in [-0.3, -0.25) is 23.7 Å². The van der Waals surface area contributed by atoms with Gasteiger partial charge in [0.1, 0.15) is 45.7 Å². The van der Waals surface area contributed by atoms with E-state index in [4.69, 9.17) is 13.8 Å². The van der Waals surface area contributed by atoms with Crippen molar-refractivity contribution >= 4 is 68.1 Å². The quantitative estimate of drug-likeness (QED) is 0.0114. The molecule has 0 radical (unpaired) electrons. The number of ketones is 1. The number of para-hydroxylation sites is 2. The highest BCUT2D eigenvalue weighted by Crippen LogP contribution is 2.54. The molecule has 6 atom stereocenters. The summed E-state index contributed by atoms with van der Waals surface area (Å²) in [6.45, 7) is 16.7. The van der Waals surface area contributed by atoms with Crippen LogP contribution >= 0.6 is 7.60 Å².